The smallest absolute Gasteiger partial charge is 0.257 e. The second-order valence-electron chi connectivity index (χ2n) is 6.97. The number of hydrogen-bond acceptors (Lipinski definition) is 7. The minimum absolute atomic E-state index is 0.105. The van der Waals surface area contributed by atoms with E-state index >= 15 is 0 Å². The van der Waals surface area contributed by atoms with E-state index in [0.717, 1.165) is 24.4 Å². The Morgan fingerprint density at radius 2 is 1.97 bits per heavy atom. The van der Waals surface area contributed by atoms with Crippen molar-refractivity contribution in [2.45, 2.75) is 38.0 Å². The standard InChI is InChI=1S/C20H25N3O4S2/c1-3-12-29(25,26)17-6-4-16(5-7-17)18(13-15-8-10-27-11-9-15)19(24)22-20-21-14(2)23-28-20/h4-7,13,15H,3,8-12H2,1-2H3,(H,21,22,23,24)/b18-13+. The minimum Gasteiger partial charge on any atom is -0.381 e. The van der Waals surface area contributed by atoms with Gasteiger partial charge in [0.1, 0.15) is 5.82 Å². The summed E-state index contributed by atoms with van der Waals surface area (Å²) in [5.41, 5.74) is 1.18. The molecule has 9 heteroatoms. The van der Waals surface area contributed by atoms with E-state index in [1.165, 1.54) is 0 Å². The summed E-state index contributed by atoms with van der Waals surface area (Å²) >= 11 is 1.13. The summed E-state index contributed by atoms with van der Waals surface area (Å²) in [4.78, 5) is 17.5. The van der Waals surface area contributed by atoms with Crippen LogP contribution in [0.15, 0.2) is 35.2 Å². The summed E-state index contributed by atoms with van der Waals surface area (Å²) in [7, 11) is -3.30. The number of aryl methyl sites for hydroxylation is 1. The number of nitrogens with one attached hydrogen (secondary N) is 1. The van der Waals surface area contributed by atoms with Crippen LogP contribution in [0.5, 0.6) is 0 Å². The molecule has 2 aromatic rings. The Bertz CT molecular complexity index is 975. The number of aromatic nitrogens is 2. The Labute approximate surface area is 175 Å². The van der Waals surface area contributed by atoms with Gasteiger partial charge in [-0.2, -0.15) is 4.37 Å². The predicted octanol–water partition coefficient (Wildman–Crippen LogP) is 3.48. The zero-order valence-corrected chi connectivity index (χ0v) is 18.2. The topological polar surface area (TPSA) is 98.2 Å². The number of sulfone groups is 1. The molecule has 1 aromatic carbocycles. The first-order valence-electron chi connectivity index (χ1n) is 9.63. The van der Waals surface area contributed by atoms with Crippen LogP contribution in [0.2, 0.25) is 0 Å². The largest absolute Gasteiger partial charge is 0.381 e. The zero-order chi connectivity index (χ0) is 20.9. The van der Waals surface area contributed by atoms with E-state index in [4.69, 9.17) is 4.74 Å². The first-order valence-corrected chi connectivity index (χ1v) is 12.1. The summed E-state index contributed by atoms with van der Waals surface area (Å²) in [6.45, 7) is 4.93. The molecule has 7 nitrogen and oxygen atoms in total. The fourth-order valence-corrected chi connectivity index (χ4v) is 5.06. The van der Waals surface area contributed by atoms with Crippen molar-refractivity contribution in [3.05, 3.63) is 41.7 Å². The molecule has 1 aliphatic heterocycles. The summed E-state index contributed by atoms with van der Waals surface area (Å²) in [5, 5.41) is 3.24. The molecule has 0 aliphatic carbocycles. The molecule has 1 aliphatic rings. The van der Waals surface area contributed by atoms with Gasteiger partial charge in [-0.05, 0) is 49.8 Å². The van der Waals surface area contributed by atoms with Crippen molar-refractivity contribution in [1.29, 1.82) is 0 Å². The van der Waals surface area contributed by atoms with Gasteiger partial charge in [-0.3, -0.25) is 10.1 Å². The molecule has 0 unspecified atom stereocenters. The Kier molecular flexibility index (Phi) is 7.15. The van der Waals surface area contributed by atoms with Crippen LogP contribution >= 0.6 is 11.5 Å². The third-order valence-corrected chi connectivity index (χ3v) is 7.32. The molecule has 0 atom stereocenters. The van der Waals surface area contributed by atoms with Crippen LogP contribution in [-0.4, -0.2) is 42.6 Å². The van der Waals surface area contributed by atoms with Crippen molar-refractivity contribution in [3.8, 4) is 0 Å². The van der Waals surface area contributed by atoms with Crippen molar-refractivity contribution >= 4 is 38.0 Å². The Morgan fingerprint density at radius 1 is 1.28 bits per heavy atom. The SMILES string of the molecule is CCCS(=O)(=O)c1ccc(/C(=C\C2CCOCC2)C(=O)Nc2nc(C)ns2)cc1. The van der Waals surface area contributed by atoms with Crippen LogP contribution < -0.4 is 5.32 Å². The average Bonchev–Trinajstić information content (AvgIpc) is 3.11. The number of hydrogen-bond donors (Lipinski definition) is 1. The number of nitrogens with zero attached hydrogens (tertiary/aromatic N) is 2. The Hall–Kier alpha value is -2.10. The molecule has 1 N–H and O–H groups in total. The van der Waals surface area contributed by atoms with E-state index in [0.29, 0.717) is 41.7 Å². The van der Waals surface area contributed by atoms with Gasteiger partial charge in [0.2, 0.25) is 5.13 Å². The third-order valence-electron chi connectivity index (χ3n) is 4.66. The number of amides is 1. The molecule has 1 saturated heterocycles. The van der Waals surface area contributed by atoms with E-state index in [2.05, 4.69) is 14.7 Å². The van der Waals surface area contributed by atoms with Gasteiger partial charge in [-0.15, -0.1) is 0 Å². The van der Waals surface area contributed by atoms with Crippen molar-refractivity contribution in [2.75, 3.05) is 24.3 Å². The highest BCUT2D eigenvalue weighted by Gasteiger charge is 2.20. The fraction of sp³-hybridized carbons (Fsp3) is 0.450. The lowest BCUT2D eigenvalue weighted by atomic mass is 9.94. The molecule has 3 rings (SSSR count). The highest BCUT2D eigenvalue weighted by atomic mass is 32.2. The van der Waals surface area contributed by atoms with E-state index in [-0.39, 0.29) is 22.5 Å². The molecule has 29 heavy (non-hydrogen) atoms. The average molecular weight is 436 g/mol. The van der Waals surface area contributed by atoms with Crippen molar-refractivity contribution in [1.82, 2.24) is 9.36 Å². The summed E-state index contributed by atoms with van der Waals surface area (Å²) in [6, 6.07) is 6.53. The maximum Gasteiger partial charge on any atom is 0.257 e. The monoisotopic (exact) mass is 435 g/mol. The Morgan fingerprint density at radius 3 is 2.55 bits per heavy atom. The van der Waals surface area contributed by atoms with Crippen molar-refractivity contribution in [2.24, 2.45) is 5.92 Å². The summed E-state index contributed by atoms with van der Waals surface area (Å²) in [5.74, 6) is 0.653. The molecule has 0 radical (unpaired) electrons. The van der Waals surface area contributed by atoms with Crippen LogP contribution in [0.3, 0.4) is 0 Å². The van der Waals surface area contributed by atoms with Gasteiger partial charge >= 0.3 is 0 Å². The van der Waals surface area contributed by atoms with Crippen LogP contribution in [0.4, 0.5) is 5.13 Å². The number of rotatable bonds is 7. The lowest BCUT2D eigenvalue weighted by Crippen LogP contribution is -2.18. The maximum atomic E-state index is 13.0. The number of carbonyl (C=O) groups is 1. The molecular formula is C20H25N3O4S2. The second kappa shape index (κ2) is 9.60. The molecule has 1 aromatic heterocycles. The van der Waals surface area contributed by atoms with Crippen LogP contribution in [0, 0.1) is 12.8 Å². The van der Waals surface area contributed by atoms with Crippen molar-refractivity contribution < 1.29 is 17.9 Å². The van der Waals surface area contributed by atoms with Gasteiger partial charge in [-0.25, -0.2) is 13.4 Å². The van der Waals surface area contributed by atoms with E-state index in [1.807, 2.05) is 13.0 Å². The second-order valence-corrected chi connectivity index (χ2v) is 9.84. The maximum absolute atomic E-state index is 13.0. The third kappa shape index (κ3) is 5.71. The van der Waals surface area contributed by atoms with Gasteiger partial charge in [0, 0.05) is 30.3 Å². The first-order chi connectivity index (χ1) is 13.9. The zero-order valence-electron chi connectivity index (χ0n) is 16.6. The van der Waals surface area contributed by atoms with Crippen LogP contribution in [0.25, 0.3) is 5.57 Å². The van der Waals surface area contributed by atoms with E-state index < -0.39 is 9.84 Å². The van der Waals surface area contributed by atoms with E-state index in [9.17, 15) is 13.2 Å². The predicted molar refractivity (Wildman–Crippen MR) is 114 cm³/mol. The number of carbonyl (C=O) groups excluding carboxylic acids is 1. The highest BCUT2D eigenvalue weighted by molar-refractivity contribution is 7.91. The lowest BCUT2D eigenvalue weighted by molar-refractivity contribution is -0.111. The van der Waals surface area contributed by atoms with Crippen molar-refractivity contribution in [3.63, 3.8) is 0 Å². The molecule has 0 bridgehead atoms. The molecule has 2 heterocycles. The number of benzene rings is 1. The van der Waals surface area contributed by atoms with Gasteiger partial charge in [-0.1, -0.05) is 25.1 Å². The van der Waals surface area contributed by atoms with Gasteiger partial charge < -0.3 is 4.74 Å². The molecule has 1 amide bonds. The lowest BCUT2D eigenvalue weighted by Gasteiger charge is -2.20. The number of allylic oxidation sites excluding steroid dienone is 1. The first kappa shape index (κ1) is 21.6. The van der Waals surface area contributed by atoms with Crippen LogP contribution in [0.1, 0.15) is 37.6 Å². The number of anilines is 1. The van der Waals surface area contributed by atoms with Crippen LogP contribution in [-0.2, 0) is 19.4 Å². The van der Waals surface area contributed by atoms with E-state index in [1.54, 1.807) is 31.2 Å². The minimum atomic E-state index is -3.30. The molecule has 0 saturated carbocycles. The summed E-state index contributed by atoms with van der Waals surface area (Å²) in [6.07, 6.45) is 4.21. The molecule has 1 fully saturated rings. The molecule has 156 valence electrons. The van der Waals surface area contributed by atoms with Gasteiger partial charge in [0.15, 0.2) is 9.84 Å². The molecule has 0 spiro atoms. The Balaban J connectivity index is 1.89. The fourth-order valence-electron chi connectivity index (χ4n) is 3.16. The van der Waals surface area contributed by atoms with Gasteiger partial charge in [0.05, 0.1) is 10.6 Å². The normalized spacial score (nSPS) is 16.0. The highest BCUT2D eigenvalue weighted by Crippen LogP contribution is 2.26. The quantitative estimate of drug-likeness (QED) is 0.669. The van der Waals surface area contributed by atoms with Gasteiger partial charge in [0.25, 0.3) is 5.91 Å². The summed E-state index contributed by atoms with van der Waals surface area (Å²) < 4.78 is 34.1. The number of ether oxygens (including phenoxy) is 1. The molecular weight excluding hydrogens is 410 g/mol.